The molecule has 3 heteroatoms. The number of benzene rings is 1. The Morgan fingerprint density at radius 1 is 1.31 bits per heavy atom. The van der Waals surface area contributed by atoms with Gasteiger partial charge in [0.25, 0.3) is 0 Å². The lowest BCUT2D eigenvalue weighted by Gasteiger charge is -2.12. The van der Waals surface area contributed by atoms with Gasteiger partial charge in [0.05, 0.1) is 6.61 Å². The maximum absolute atomic E-state index is 12.5. The van der Waals surface area contributed by atoms with Gasteiger partial charge in [0.2, 0.25) is 6.36 Å². The number of alkyl halides is 1. The number of aliphatic hydroxyl groups is 1. The number of rotatable bonds is 6. The zero-order valence-electron chi connectivity index (χ0n) is 9.82. The summed E-state index contributed by atoms with van der Waals surface area (Å²) in [5.74, 6) is 1.25. The van der Waals surface area contributed by atoms with E-state index in [-0.39, 0.29) is 6.42 Å². The van der Waals surface area contributed by atoms with Crippen LogP contribution in [0, 0.1) is 5.92 Å². The minimum atomic E-state index is -1.82. The van der Waals surface area contributed by atoms with Gasteiger partial charge >= 0.3 is 0 Å². The van der Waals surface area contributed by atoms with E-state index >= 15 is 0 Å². The van der Waals surface area contributed by atoms with Crippen LogP contribution in [0.5, 0.6) is 5.75 Å². The molecule has 16 heavy (non-hydrogen) atoms. The Balaban J connectivity index is 2.56. The molecule has 0 bridgehead atoms. The Bertz CT molecular complexity index is 311. The first-order valence-electron chi connectivity index (χ1n) is 5.62. The van der Waals surface area contributed by atoms with E-state index in [1.165, 1.54) is 0 Å². The van der Waals surface area contributed by atoms with Gasteiger partial charge in [-0.1, -0.05) is 32.0 Å². The van der Waals surface area contributed by atoms with Crippen molar-refractivity contribution in [2.24, 2.45) is 5.92 Å². The fourth-order valence-corrected chi connectivity index (χ4v) is 1.40. The van der Waals surface area contributed by atoms with Gasteiger partial charge < -0.3 is 9.84 Å². The Morgan fingerprint density at radius 2 is 2.00 bits per heavy atom. The van der Waals surface area contributed by atoms with Gasteiger partial charge in [0.15, 0.2) is 0 Å². The second kappa shape index (κ2) is 6.48. The highest BCUT2D eigenvalue weighted by Gasteiger charge is 2.08. The number of hydrogen-bond donors (Lipinski definition) is 1. The topological polar surface area (TPSA) is 29.5 Å². The summed E-state index contributed by atoms with van der Waals surface area (Å²) < 4.78 is 18.1. The van der Waals surface area contributed by atoms with E-state index in [1.807, 2.05) is 12.1 Å². The Morgan fingerprint density at radius 3 is 2.62 bits per heavy atom. The van der Waals surface area contributed by atoms with Gasteiger partial charge in [-0.2, -0.15) is 0 Å². The van der Waals surface area contributed by atoms with Crippen LogP contribution < -0.4 is 4.74 Å². The molecule has 0 aromatic heterocycles. The largest absolute Gasteiger partial charge is 0.493 e. The van der Waals surface area contributed by atoms with E-state index in [9.17, 15) is 4.39 Å². The quantitative estimate of drug-likeness (QED) is 0.808. The van der Waals surface area contributed by atoms with Gasteiger partial charge in [0.1, 0.15) is 5.75 Å². The van der Waals surface area contributed by atoms with Crippen molar-refractivity contribution in [2.45, 2.75) is 33.0 Å². The molecule has 0 spiro atoms. The van der Waals surface area contributed by atoms with Crippen molar-refractivity contribution in [1.29, 1.82) is 0 Å². The molecule has 0 aliphatic rings. The molecule has 0 saturated carbocycles. The summed E-state index contributed by atoms with van der Waals surface area (Å²) in [6, 6.07) is 7.23. The van der Waals surface area contributed by atoms with Crippen molar-refractivity contribution in [2.75, 3.05) is 6.61 Å². The van der Waals surface area contributed by atoms with Crippen molar-refractivity contribution >= 4 is 0 Å². The van der Waals surface area contributed by atoms with Gasteiger partial charge in [0, 0.05) is 6.42 Å². The first-order chi connectivity index (χ1) is 7.59. The number of halogens is 1. The zero-order valence-corrected chi connectivity index (χ0v) is 9.82. The summed E-state index contributed by atoms with van der Waals surface area (Å²) in [7, 11) is 0. The molecule has 1 aromatic carbocycles. The van der Waals surface area contributed by atoms with Gasteiger partial charge in [-0.3, -0.25) is 0 Å². The molecule has 90 valence electrons. The summed E-state index contributed by atoms with van der Waals surface area (Å²) in [6.07, 6.45) is -0.875. The van der Waals surface area contributed by atoms with Crippen LogP contribution in [0.4, 0.5) is 4.39 Å². The zero-order chi connectivity index (χ0) is 12.0. The van der Waals surface area contributed by atoms with Crippen LogP contribution in [0.1, 0.15) is 25.8 Å². The summed E-state index contributed by atoms with van der Waals surface area (Å²) in [6.45, 7) is 4.87. The summed E-state index contributed by atoms with van der Waals surface area (Å²) in [5, 5.41) is 8.72. The molecule has 1 N–H and O–H groups in total. The van der Waals surface area contributed by atoms with Gasteiger partial charge in [-0.05, 0) is 24.0 Å². The first kappa shape index (κ1) is 13.0. The molecule has 1 aromatic rings. The van der Waals surface area contributed by atoms with E-state index in [2.05, 4.69) is 13.8 Å². The number of ether oxygens (including phenoxy) is 1. The lowest BCUT2D eigenvalue weighted by molar-refractivity contribution is 0.0423. The average molecular weight is 226 g/mol. The van der Waals surface area contributed by atoms with Crippen LogP contribution in [-0.2, 0) is 6.42 Å². The smallest absolute Gasteiger partial charge is 0.200 e. The second-order valence-corrected chi connectivity index (χ2v) is 4.28. The molecule has 0 aliphatic carbocycles. The average Bonchev–Trinajstić information content (AvgIpc) is 2.19. The highest BCUT2D eigenvalue weighted by atomic mass is 19.1. The molecule has 0 amide bonds. The monoisotopic (exact) mass is 226 g/mol. The molecule has 0 radical (unpaired) electrons. The van der Waals surface area contributed by atoms with E-state index in [0.29, 0.717) is 23.8 Å². The number of para-hydroxylation sites is 1. The maximum Gasteiger partial charge on any atom is 0.200 e. The molecule has 0 heterocycles. The van der Waals surface area contributed by atoms with Crippen molar-refractivity contribution < 1.29 is 14.2 Å². The summed E-state index contributed by atoms with van der Waals surface area (Å²) in [5.41, 5.74) is 0.709. The molecule has 0 fully saturated rings. The third kappa shape index (κ3) is 4.62. The van der Waals surface area contributed by atoms with E-state index < -0.39 is 6.36 Å². The molecule has 1 atom stereocenters. The third-order valence-corrected chi connectivity index (χ3v) is 2.31. The molecule has 0 saturated heterocycles. The van der Waals surface area contributed by atoms with E-state index in [0.717, 1.165) is 6.42 Å². The predicted molar refractivity (Wildman–Crippen MR) is 62.2 cm³/mol. The minimum absolute atomic E-state index is 0.0160. The second-order valence-electron chi connectivity index (χ2n) is 4.28. The SMILES string of the molecule is CC(C)CCOc1ccccc1CC(O)F. The minimum Gasteiger partial charge on any atom is -0.493 e. The molecule has 2 nitrogen and oxygen atoms in total. The Labute approximate surface area is 96.1 Å². The Hall–Kier alpha value is -1.09. The van der Waals surface area contributed by atoms with E-state index in [4.69, 9.17) is 9.84 Å². The van der Waals surface area contributed by atoms with Crippen LogP contribution >= 0.6 is 0 Å². The van der Waals surface area contributed by atoms with Crippen LogP contribution in [0.2, 0.25) is 0 Å². The fourth-order valence-electron chi connectivity index (χ4n) is 1.40. The van der Waals surface area contributed by atoms with Crippen LogP contribution in [0.3, 0.4) is 0 Å². The molecule has 0 aliphatic heterocycles. The third-order valence-electron chi connectivity index (χ3n) is 2.31. The number of aliphatic hydroxyl groups excluding tert-OH is 1. The Kier molecular flexibility index (Phi) is 5.26. The van der Waals surface area contributed by atoms with Crippen LogP contribution in [0.15, 0.2) is 24.3 Å². The van der Waals surface area contributed by atoms with Gasteiger partial charge in [-0.15, -0.1) is 0 Å². The van der Waals surface area contributed by atoms with Crippen molar-refractivity contribution in [3.63, 3.8) is 0 Å². The lowest BCUT2D eigenvalue weighted by Crippen LogP contribution is -2.07. The summed E-state index contributed by atoms with van der Waals surface area (Å²) in [4.78, 5) is 0. The predicted octanol–water partition coefficient (Wildman–Crippen LogP) is 2.94. The van der Waals surface area contributed by atoms with Crippen molar-refractivity contribution in [1.82, 2.24) is 0 Å². The van der Waals surface area contributed by atoms with Crippen molar-refractivity contribution in [3.05, 3.63) is 29.8 Å². The fraction of sp³-hybridized carbons (Fsp3) is 0.538. The maximum atomic E-state index is 12.5. The summed E-state index contributed by atoms with van der Waals surface area (Å²) >= 11 is 0. The van der Waals surface area contributed by atoms with Gasteiger partial charge in [-0.25, -0.2) is 4.39 Å². The highest BCUT2D eigenvalue weighted by molar-refractivity contribution is 5.33. The van der Waals surface area contributed by atoms with Crippen LogP contribution in [0.25, 0.3) is 0 Å². The standard InChI is InChI=1S/C13H19FO2/c1-10(2)7-8-16-12-6-4-3-5-11(12)9-13(14)15/h3-6,10,13,15H,7-9H2,1-2H3. The molecule has 1 rings (SSSR count). The van der Waals surface area contributed by atoms with Crippen LogP contribution in [-0.4, -0.2) is 18.1 Å². The van der Waals surface area contributed by atoms with E-state index in [1.54, 1.807) is 12.1 Å². The highest BCUT2D eigenvalue weighted by Crippen LogP contribution is 2.20. The molecular weight excluding hydrogens is 207 g/mol. The first-order valence-corrected chi connectivity index (χ1v) is 5.62. The normalized spacial score (nSPS) is 12.8. The lowest BCUT2D eigenvalue weighted by atomic mass is 10.1. The molecular formula is C13H19FO2. The molecule has 1 unspecified atom stereocenters. The number of hydrogen-bond acceptors (Lipinski definition) is 2. The van der Waals surface area contributed by atoms with Crippen molar-refractivity contribution in [3.8, 4) is 5.75 Å².